The van der Waals surface area contributed by atoms with Gasteiger partial charge in [0.1, 0.15) is 5.75 Å². The Kier molecular flexibility index (Phi) is 3.00. The maximum atomic E-state index is 10.4. The highest BCUT2D eigenvalue weighted by Crippen LogP contribution is 2.33. The lowest BCUT2D eigenvalue weighted by atomic mass is 9.90. The number of benzene rings is 1. The number of hydrogen-bond donors (Lipinski definition) is 3. The van der Waals surface area contributed by atoms with Crippen LogP contribution in [0.4, 0.5) is 0 Å². The van der Waals surface area contributed by atoms with Crippen molar-refractivity contribution in [1.82, 2.24) is 10.3 Å². The fraction of sp³-hybridized carbons (Fsp3) is 0.467. The van der Waals surface area contributed by atoms with Gasteiger partial charge in [0.25, 0.3) is 0 Å². The minimum atomic E-state index is 0.477. The molecule has 3 N–H and O–H groups in total. The van der Waals surface area contributed by atoms with Gasteiger partial charge in [-0.25, -0.2) is 0 Å². The van der Waals surface area contributed by atoms with E-state index in [1.807, 2.05) is 13.1 Å². The van der Waals surface area contributed by atoms with Gasteiger partial charge in [0.05, 0.1) is 0 Å². The SMILES string of the molecule is Cc1c[nH]c2ccc(CC3CCNCC3)c(O)c12. The van der Waals surface area contributed by atoms with Crippen LogP contribution in [-0.2, 0) is 6.42 Å². The first-order chi connectivity index (χ1) is 8.75. The fourth-order valence-electron chi connectivity index (χ4n) is 2.97. The van der Waals surface area contributed by atoms with Crippen LogP contribution < -0.4 is 5.32 Å². The summed E-state index contributed by atoms with van der Waals surface area (Å²) in [4.78, 5) is 3.19. The number of phenolic OH excluding ortho intramolecular Hbond substituents is 1. The first-order valence-corrected chi connectivity index (χ1v) is 6.75. The number of hydrogen-bond acceptors (Lipinski definition) is 2. The van der Waals surface area contributed by atoms with Crippen molar-refractivity contribution in [2.24, 2.45) is 5.92 Å². The Morgan fingerprint density at radius 2 is 2.06 bits per heavy atom. The van der Waals surface area contributed by atoms with E-state index in [2.05, 4.69) is 22.4 Å². The zero-order valence-electron chi connectivity index (χ0n) is 10.8. The molecule has 3 rings (SSSR count). The molecule has 1 aromatic carbocycles. The van der Waals surface area contributed by atoms with Crippen LogP contribution in [0.3, 0.4) is 0 Å². The third-order valence-electron chi connectivity index (χ3n) is 4.07. The number of aromatic hydroxyl groups is 1. The molecule has 96 valence electrons. The molecule has 2 heterocycles. The minimum absolute atomic E-state index is 0.477. The molecule has 0 spiro atoms. The molecule has 0 atom stereocenters. The molecule has 3 heteroatoms. The molecule has 18 heavy (non-hydrogen) atoms. The van der Waals surface area contributed by atoms with Gasteiger partial charge in [-0.05, 0) is 62.4 Å². The first-order valence-electron chi connectivity index (χ1n) is 6.75. The van der Waals surface area contributed by atoms with Gasteiger partial charge in [-0.15, -0.1) is 0 Å². The zero-order chi connectivity index (χ0) is 12.5. The second kappa shape index (κ2) is 4.65. The molecule has 1 fully saturated rings. The van der Waals surface area contributed by atoms with Crippen molar-refractivity contribution in [3.63, 3.8) is 0 Å². The van der Waals surface area contributed by atoms with Crippen molar-refractivity contribution in [2.75, 3.05) is 13.1 Å². The number of rotatable bonds is 2. The van der Waals surface area contributed by atoms with E-state index < -0.39 is 0 Å². The van der Waals surface area contributed by atoms with Gasteiger partial charge in [0.2, 0.25) is 0 Å². The van der Waals surface area contributed by atoms with Crippen molar-refractivity contribution >= 4 is 10.9 Å². The van der Waals surface area contributed by atoms with Gasteiger partial charge in [0.15, 0.2) is 0 Å². The topological polar surface area (TPSA) is 48.0 Å². The minimum Gasteiger partial charge on any atom is -0.507 e. The Morgan fingerprint density at radius 3 is 2.83 bits per heavy atom. The number of aromatic amines is 1. The summed E-state index contributed by atoms with van der Waals surface area (Å²) >= 11 is 0. The van der Waals surface area contributed by atoms with E-state index in [-0.39, 0.29) is 0 Å². The van der Waals surface area contributed by atoms with E-state index >= 15 is 0 Å². The van der Waals surface area contributed by atoms with Crippen molar-refractivity contribution in [3.8, 4) is 5.75 Å². The number of aryl methyl sites for hydroxylation is 1. The van der Waals surface area contributed by atoms with E-state index in [1.165, 1.54) is 12.8 Å². The monoisotopic (exact) mass is 244 g/mol. The molecule has 0 aliphatic carbocycles. The van der Waals surface area contributed by atoms with Crippen LogP contribution in [0.1, 0.15) is 24.0 Å². The quantitative estimate of drug-likeness (QED) is 0.760. The highest BCUT2D eigenvalue weighted by atomic mass is 16.3. The Hall–Kier alpha value is -1.48. The highest BCUT2D eigenvalue weighted by Gasteiger charge is 2.17. The van der Waals surface area contributed by atoms with E-state index in [0.29, 0.717) is 11.7 Å². The van der Waals surface area contributed by atoms with E-state index in [4.69, 9.17) is 0 Å². The summed E-state index contributed by atoms with van der Waals surface area (Å²) in [5.74, 6) is 1.18. The van der Waals surface area contributed by atoms with Crippen molar-refractivity contribution < 1.29 is 5.11 Å². The summed E-state index contributed by atoms with van der Waals surface area (Å²) in [5, 5.41) is 14.8. The molecule has 1 aliphatic rings. The van der Waals surface area contributed by atoms with Gasteiger partial charge < -0.3 is 15.4 Å². The Labute approximate surface area is 107 Å². The van der Waals surface area contributed by atoms with Crippen molar-refractivity contribution in [2.45, 2.75) is 26.2 Å². The predicted octanol–water partition coefficient (Wildman–Crippen LogP) is 2.72. The number of nitrogens with one attached hydrogen (secondary N) is 2. The normalized spacial score (nSPS) is 17.4. The van der Waals surface area contributed by atoms with Crippen LogP contribution in [0.2, 0.25) is 0 Å². The lowest BCUT2D eigenvalue weighted by molar-refractivity contribution is 0.367. The van der Waals surface area contributed by atoms with Crippen molar-refractivity contribution in [3.05, 3.63) is 29.5 Å². The molecule has 1 aliphatic heterocycles. The van der Waals surface area contributed by atoms with Gasteiger partial charge in [-0.3, -0.25) is 0 Å². The first kappa shape index (κ1) is 11.6. The molecule has 1 saturated heterocycles. The van der Waals surface area contributed by atoms with E-state index in [9.17, 15) is 5.11 Å². The van der Waals surface area contributed by atoms with Gasteiger partial charge in [-0.1, -0.05) is 6.07 Å². The standard InChI is InChI=1S/C15H20N2O/c1-10-9-17-13-3-2-12(15(18)14(10)13)8-11-4-6-16-7-5-11/h2-3,9,11,16-18H,4-8H2,1H3. The van der Waals surface area contributed by atoms with Crippen LogP contribution in [0.5, 0.6) is 5.75 Å². The summed E-state index contributed by atoms with van der Waals surface area (Å²) in [5.41, 5.74) is 3.24. The molecule has 0 radical (unpaired) electrons. The van der Waals surface area contributed by atoms with Gasteiger partial charge >= 0.3 is 0 Å². The molecule has 0 amide bonds. The van der Waals surface area contributed by atoms with Crippen LogP contribution >= 0.6 is 0 Å². The summed E-state index contributed by atoms with van der Waals surface area (Å²) in [6, 6.07) is 4.15. The largest absolute Gasteiger partial charge is 0.507 e. The summed E-state index contributed by atoms with van der Waals surface area (Å²) in [7, 11) is 0. The number of fused-ring (bicyclic) bond motifs is 1. The third-order valence-corrected chi connectivity index (χ3v) is 4.07. The Morgan fingerprint density at radius 1 is 1.28 bits per heavy atom. The van der Waals surface area contributed by atoms with E-state index in [0.717, 1.165) is 41.5 Å². The second-order valence-corrected chi connectivity index (χ2v) is 5.37. The molecular formula is C15H20N2O. The number of phenols is 1. The molecule has 0 saturated carbocycles. The van der Waals surface area contributed by atoms with Crippen LogP contribution in [0, 0.1) is 12.8 Å². The molecule has 1 aromatic heterocycles. The molecule has 0 bridgehead atoms. The Bertz CT molecular complexity index is 553. The van der Waals surface area contributed by atoms with Crippen molar-refractivity contribution in [1.29, 1.82) is 0 Å². The van der Waals surface area contributed by atoms with Crippen LogP contribution in [0.25, 0.3) is 10.9 Å². The second-order valence-electron chi connectivity index (χ2n) is 5.37. The van der Waals surface area contributed by atoms with Gasteiger partial charge in [-0.2, -0.15) is 0 Å². The molecule has 3 nitrogen and oxygen atoms in total. The average molecular weight is 244 g/mol. The Balaban J connectivity index is 1.91. The van der Waals surface area contributed by atoms with Crippen LogP contribution in [-0.4, -0.2) is 23.2 Å². The highest BCUT2D eigenvalue weighted by molar-refractivity contribution is 5.90. The number of H-pyrrole nitrogens is 1. The number of piperidine rings is 1. The average Bonchev–Trinajstić information content (AvgIpc) is 2.77. The zero-order valence-corrected chi connectivity index (χ0v) is 10.8. The lowest BCUT2D eigenvalue weighted by Gasteiger charge is -2.23. The maximum absolute atomic E-state index is 10.4. The smallest absolute Gasteiger partial charge is 0.128 e. The summed E-state index contributed by atoms with van der Waals surface area (Å²) < 4.78 is 0. The van der Waals surface area contributed by atoms with Crippen LogP contribution in [0.15, 0.2) is 18.3 Å². The van der Waals surface area contributed by atoms with E-state index in [1.54, 1.807) is 0 Å². The van der Waals surface area contributed by atoms with Gasteiger partial charge in [0, 0.05) is 17.1 Å². The maximum Gasteiger partial charge on any atom is 0.128 e. The fourth-order valence-corrected chi connectivity index (χ4v) is 2.97. The molecular weight excluding hydrogens is 224 g/mol. The summed E-state index contributed by atoms with van der Waals surface area (Å²) in [6.45, 7) is 4.25. The number of aromatic nitrogens is 1. The molecule has 0 unspecified atom stereocenters. The third kappa shape index (κ3) is 1.99. The predicted molar refractivity (Wildman–Crippen MR) is 74.0 cm³/mol. The lowest BCUT2D eigenvalue weighted by Crippen LogP contribution is -2.28. The molecule has 2 aromatic rings. The summed E-state index contributed by atoms with van der Waals surface area (Å²) in [6.07, 6.45) is 5.37.